The van der Waals surface area contributed by atoms with E-state index in [1.807, 2.05) is 0 Å². The van der Waals surface area contributed by atoms with Gasteiger partial charge in [0.1, 0.15) is 6.04 Å². The minimum absolute atomic E-state index is 0.0263. The number of imide groups is 1. The fourth-order valence-corrected chi connectivity index (χ4v) is 7.27. The van der Waals surface area contributed by atoms with Crippen molar-refractivity contribution in [2.45, 2.75) is 36.0 Å². The highest BCUT2D eigenvalue weighted by Crippen LogP contribution is 2.60. The first-order chi connectivity index (χ1) is 15.5. The number of carbonyl (C=O) groups excluding carboxylic acids is 4. The number of nitrogens with zero attached hydrogens (tertiary/aromatic N) is 2. The molecule has 1 aromatic carbocycles. The van der Waals surface area contributed by atoms with E-state index < -0.39 is 47.1 Å². The molecule has 33 heavy (non-hydrogen) atoms. The third-order valence-corrected chi connectivity index (χ3v) is 10.1. The topological polar surface area (TPSA) is 124 Å². The van der Waals surface area contributed by atoms with E-state index in [9.17, 15) is 29.3 Å². The van der Waals surface area contributed by atoms with Gasteiger partial charge in [-0.25, -0.2) is 4.79 Å². The number of nitro groups is 1. The first kappa shape index (κ1) is 24.0. The summed E-state index contributed by atoms with van der Waals surface area (Å²) in [7, 11) is 0. The molecule has 2 aliphatic carbocycles. The number of likely N-dealkylation sites (tertiary alicyclic amines) is 1. The van der Waals surface area contributed by atoms with E-state index in [1.54, 1.807) is 13.8 Å². The van der Waals surface area contributed by atoms with Gasteiger partial charge in [-0.3, -0.25) is 29.4 Å². The maximum absolute atomic E-state index is 13.3. The first-order valence-corrected chi connectivity index (χ1v) is 12.5. The average Bonchev–Trinajstić information content (AvgIpc) is 3.38. The Morgan fingerprint density at radius 3 is 2.06 bits per heavy atom. The first-order valence-electron chi connectivity index (χ1n) is 10.6. The van der Waals surface area contributed by atoms with Gasteiger partial charge in [0.2, 0.25) is 11.8 Å². The SMILES string of the molecule is CC(C)[C@H](C(=O)OCC(=O)c1ccc([N+](=O)[O-])cc1)N1C(=O)[C@H]2[C@@H]3C[C@H]([C@@H](Br)[C@H]3Br)[C@@H]2C1=O. The zero-order chi connectivity index (χ0) is 24.2. The van der Waals surface area contributed by atoms with Crippen molar-refractivity contribution in [3.05, 3.63) is 39.9 Å². The van der Waals surface area contributed by atoms with Crippen LogP contribution >= 0.6 is 31.9 Å². The van der Waals surface area contributed by atoms with Crippen molar-refractivity contribution in [1.82, 2.24) is 4.90 Å². The number of fused-ring (bicyclic) bond motifs is 5. The second-order valence-electron chi connectivity index (χ2n) is 9.07. The van der Waals surface area contributed by atoms with Crippen molar-refractivity contribution < 1.29 is 28.8 Å². The van der Waals surface area contributed by atoms with E-state index in [0.29, 0.717) is 0 Å². The van der Waals surface area contributed by atoms with Gasteiger partial charge in [0.25, 0.3) is 5.69 Å². The standard InChI is InChI=1S/C22H22Br2N2O7/c1-9(2)19(22(30)33-8-14(27)10-3-5-11(6-4-10)26(31)32)25-20(28)15-12-7-13(16(15)21(25)29)18(24)17(12)23/h3-6,9,12-13,15-19H,7-8H2,1-2H3/t12-,13-,15-,16-,17-,18+,19+/m0/s1. The van der Waals surface area contributed by atoms with Gasteiger partial charge in [-0.2, -0.15) is 0 Å². The molecule has 176 valence electrons. The molecule has 9 nitrogen and oxygen atoms in total. The number of hydrogen-bond acceptors (Lipinski definition) is 7. The van der Waals surface area contributed by atoms with Crippen LogP contribution in [0.5, 0.6) is 0 Å². The van der Waals surface area contributed by atoms with Gasteiger partial charge < -0.3 is 4.74 Å². The van der Waals surface area contributed by atoms with E-state index >= 15 is 0 Å². The largest absolute Gasteiger partial charge is 0.456 e. The number of esters is 1. The smallest absolute Gasteiger partial charge is 0.330 e. The summed E-state index contributed by atoms with van der Waals surface area (Å²) < 4.78 is 5.22. The Kier molecular flexibility index (Phi) is 6.47. The lowest BCUT2D eigenvalue weighted by Gasteiger charge is -2.28. The minimum Gasteiger partial charge on any atom is -0.456 e. The molecule has 11 heteroatoms. The number of alkyl halides is 2. The van der Waals surface area contributed by atoms with Crippen molar-refractivity contribution in [2.24, 2.45) is 29.6 Å². The van der Waals surface area contributed by atoms with Crippen molar-refractivity contribution in [3.8, 4) is 0 Å². The predicted octanol–water partition coefficient (Wildman–Crippen LogP) is 3.12. The third-order valence-electron chi connectivity index (χ3n) is 6.92. The molecule has 0 aromatic heterocycles. The van der Waals surface area contributed by atoms with E-state index in [4.69, 9.17) is 4.74 Å². The fraction of sp³-hybridized carbons (Fsp3) is 0.545. The van der Waals surface area contributed by atoms with Crippen molar-refractivity contribution in [2.75, 3.05) is 6.61 Å². The quantitative estimate of drug-likeness (QED) is 0.120. The van der Waals surface area contributed by atoms with E-state index in [0.717, 1.165) is 11.3 Å². The fourth-order valence-electron chi connectivity index (χ4n) is 5.40. The number of Topliss-reactive ketones (excluding diaryl/α,β-unsaturated/α-hetero) is 1. The van der Waals surface area contributed by atoms with Crippen LogP contribution in [-0.4, -0.2) is 55.7 Å². The number of carbonyl (C=O) groups is 4. The second-order valence-corrected chi connectivity index (χ2v) is 11.2. The molecule has 1 aliphatic heterocycles. The molecule has 3 fully saturated rings. The van der Waals surface area contributed by atoms with Gasteiger partial charge in [-0.05, 0) is 36.3 Å². The summed E-state index contributed by atoms with van der Waals surface area (Å²) in [5.74, 6) is -3.31. The Morgan fingerprint density at radius 1 is 1.09 bits per heavy atom. The molecule has 4 rings (SSSR count). The normalized spacial score (nSPS) is 31.1. The number of halogens is 2. The van der Waals surface area contributed by atoms with Gasteiger partial charge in [-0.1, -0.05) is 45.7 Å². The number of ether oxygens (including phenoxy) is 1. The van der Waals surface area contributed by atoms with Crippen LogP contribution in [0.4, 0.5) is 5.69 Å². The number of amides is 2. The molecule has 0 N–H and O–H groups in total. The molecule has 1 saturated heterocycles. The molecular formula is C22H22Br2N2O7. The van der Waals surface area contributed by atoms with Gasteiger partial charge in [0.05, 0.1) is 16.8 Å². The van der Waals surface area contributed by atoms with E-state index in [2.05, 4.69) is 31.9 Å². The zero-order valence-corrected chi connectivity index (χ0v) is 21.0. The minimum atomic E-state index is -1.12. The Bertz CT molecular complexity index is 996. The number of nitro benzene ring substituents is 1. The molecule has 0 spiro atoms. The molecule has 0 unspecified atom stereocenters. The maximum Gasteiger partial charge on any atom is 0.330 e. The van der Waals surface area contributed by atoms with Gasteiger partial charge >= 0.3 is 5.97 Å². The highest BCUT2D eigenvalue weighted by molar-refractivity contribution is 9.12. The van der Waals surface area contributed by atoms with Crippen LogP contribution in [-0.2, 0) is 19.1 Å². The number of benzene rings is 1. The Balaban J connectivity index is 1.47. The summed E-state index contributed by atoms with van der Waals surface area (Å²) in [6, 6.07) is 3.82. The van der Waals surface area contributed by atoms with Crippen LogP contribution < -0.4 is 0 Å². The van der Waals surface area contributed by atoms with Crippen LogP contribution in [0.3, 0.4) is 0 Å². The number of rotatable bonds is 7. The van der Waals surface area contributed by atoms with Crippen LogP contribution in [0.15, 0.2) is 24.3 Å². The average molecular weight is 586 g/mol. The van der Waals surface area contributed by atoms with Crippen LogP contribution in [0.25, 0.3) is 0 Å². The number of ketones is 1. The highest BCUT2D eigenvalue weighted by atomic mass is 79.9. The summed E-state index contributed by atoms with van der Waals surface area (Å²) in [4.78, 5) is 63.3. The molecular weight excluding hydrogens is 564 g/mol. The number of hydrogen-bond donors (Lipinski definition) is 0. The molecule has 2 amide bonds. The van der Waals surface area contributed by atoms with E-state index in [-0.39, 0.29) is 44.6 Å². The van der Waals surface area contributed by atoms with Gasteiger partial charge in [0.15, 0.2) is 12.4 Å². The van der Waals surface area contributed by atoms with Crippen molar-refractivity contribution in [1.29, 1.82) is 0 Å². The van der Waals surface area contributed by atoms with Gasteiger partial charge in [-0.15, -0.1) is 0 Å². The molecule has 1 aromatic rings. The zero-order valence-electron chi connectivity index (χ0n) is 17.9. The lowest BCUT2D eigenvalue weighted by atomic mass is 9.81. The summed E-state index contributed by atoms with van der Waals surface area (Å²) in [5, 5.41) is 10.8. The summed E-state index contributed by atoms with van der Waals surface area (Å²) in [6.45, 7) is 2.84. The predicted molar refractivity (Wildman–Crippen MR) is 123 cm³/mol. The van der Waals surface area contributed by atoms with Crippen LogP contribution in [0.2, 0.25) is 0 Å². The molecule has 7 atom stereocenters. The highest BCUT2D eigenvalue weighted by Gasteiger charge is 2.67. The monoisotopic (exact) mass is 584 g/mol. The Hall–Kier alpha value is -2.14. The molecule has 3 aliphatic rings. The summed E-state index contributed by atoms with van der Waals surface area (Å²) in [6.07, 6.45) is 0.785. The Morgan fingerprint density at radius 2 is 1.61 bits per heavy atom. The van der Waals surface area contributed by atoms with Crippen molar-refractivity contribution >= 4 is 61.1 Å². The molecule has 0 radical (unpaired) electrons. The maximum atomic E-state index is 13.3. The lowest BCUT2D eigenvalue weighted by Crippen LogP contribution is -2.50. The van der Waals surface area contributed by atoms with E-state index in [1.165, 1.54) is 24.3 Å². The summed E-state index contributed by atoms with van der Waals surface area (Å²) >= 11 is 7.28. The summed E-state index contributed by atoms with van der Waals surface area (Å²) in [5.41, 5.74) is -0.00826. The molecule has 1 heterocycles. The van der Waals surface area contributed by atoms with Crippen LogP contribution in [0.1, 0.15) is 30.6 Å². The van der Waals surface area contributed by atoms with Crippen LogP contribution in [0, 0.1) is 39.7 Å². The van der Waals surface area contributed by atoms with Gasteiger partial charge in [0, 0.05) is 27.4 Å². The number of non-ortho nitro benzene ring substituents is 1. The molecule has 2 bridgehead atoms. The second kappa shape index (κ2) is 8.90. The molecule has 2 saturated carbocycles. The third kappa shape index (κ3) is 3.92. The Labute approximate surface area is 206 Å². The van der Waals surface area contributed by atoms with Crippen molar-refractivity contribution in [3.63, 3.8) is 0 Å². The lowest BCUT2D eigenvalue weighted by molar-refractivity contribution is -0.384.